The van der Waals surface area contributed by atoms with Gasteiger partial charge in [0.2, 0.25) is 0 Å². The van der Waals surface area contributed by atoms with Gasteiger partial charge in [0, 0.05) is 11.7 Å². The Hall–Kier alpha value is -0.610. The van der Waals surface area contributed by atoms with Crippen LogP contribution in [0.15, 0.2) is 16.7 Å². The molecule has 0 saturated heterocycles. The maximum absolute atomic E-state index is 11.7. The van der Waals surface area contributed by atoms with E-state index in [-0.39, 0.29) is 11.4 Å². The van der Waals surface area contributed by atoms with Crippen molar-refractivity contribution >= 4 is 33.4 Å². The minimum absolute atomic E-state index is 0.160. The van der Waals surface area contributed by atoms with E-state index >= 15 is 0 Å². The highest BCUT2D eigenvalue weighted by Gasteiger charge is 2.16. The second-order valence-electron chi connectivity index (χ2n) is 4.20. The first-order valence-electron chi connectivity index (χ1n) is 4.43. The molecule has 0 bridgehead atoms. The van der Waals surface area contributed by atoms with Crippen molar-refractivity contribution < 1.29 is 4.79 Å². The molecule has 0 atom stereocenters. The molecule has 0 fully saturated rings. The standard InChI is InChI=1S/C10H12BrClN2O/c1-10(2,3)14-9(15)6-4-7(11)8(12)13-5-6/h4-5H,1-3H3,(H,14,15). The zero-order valence-corrected chi connectivity index (χ0v) is 11.1. The maximum atomic E-state index is 11.7. The van der Waals surface area contributed by atoms with Crippen LogP contribution >= 0.6 is 27.5 Å². The molecule has 1 rings (SSSR count). The fraction of sp³-hybridized carbons (Fsp3) is 0.400. The number of rotatable bonds is 1. The summed E-state index contributed by atoms with van der Waals surface area (Å²) in [6, 6.07) is 1.65. The molecule has 1 N–H and O–H groups in total. The third-order valence-corrected chi connectivity index (χ3v) is 2.68. The Morgan fingerprint density at radius 2 is 2.13 bits per heavy atom. The maximum Gasteiger partial charge on any atom is 0.253 e. The van der Waals surface area contributed by atoms with E-state index in [9.17, 15) is 4.79 Å². The summed E-state index contributed by atoms with van der Waals surface area (Å²) in [5.74, 6) is -0.160. The molecule has 0 spiro atoms. The number of amides is 1. The molecule has 0 aliphatic carbocycles. The van der Waals surface area contributed by atoms with Gasteiger partial charge in [0.25, 0.3) is 5.91 Å². The van der Waals surface area contributed by atoms with Gasteiger partial charge in [0.15, 0.2) is 0 Å². The first-order valence-corrected chi connectivity index (χ1v) is 5.60. The number of carbonyl (C=O) groups excluding carboxylic acids is 1. The van der Waals surface area contributed by atoms with Gasteiger partial charge >= 0.3 is 0 Å². The summed E-state index contributed by atoms with van der Waals surface area (Å²) in [6.45, 7) is 5.76. The Morgan fingerprint density at radius 3 is 2.60 bits per heavy atom. The Labute approximate surface area is 102 Å². The van der Waals surface area contributed by atoms with Gasteiger partial charge in [-0.15, -0.1) is 0 Å². The predicted octanol–water partition coefficient (Wildman–Crippen LogP) is 3.03. The van der Waals surface area contributed by atoms with E-state index < -0.39 is 0 Å². The summed E-state index contributed by atoms with van der Waals surface area (Å²) in [5, 5.41) is 3.19. The summed E-state index contributed by atoms with van der Waals surface area (Å²) in [5.41, 5.74) is 0.227. The predicted molar refractivity (Wildman–Crippen MR) is 64.2 cm³/mol. The van der Waals surface area contributed by atoms with Crippen LogP contribution in [0.5, 0.6) is 0 Å². The molecule has 0 radical (unpaired) electrons. The van der Waals surface area contributed by atoms with Gasteiger partial charge in [-0.1, -0.05) is 11.6 Å². The minimum Gasteiger partial charge on any atom is -0.347 e. The SMILES string of the molecule is CC(C)(C)NC(=O)c1cnc(Cl)c(Br)c1. The summed E-state index contributed by atoms with van der Waals surface area (Å²) in [6.07, 6.45) is 1.45. The summed E-state index contributed by atoms with van der Waals surface area (Å²) < 4.78 is 0.616. The van der Waals surface area contributed by atoms with Crippen LogP contribution in [-0.4, -0.2) is 16.4 Å². The average Bonchev–Trinajstić information content (AvgIpc) is 2.06. The first kappa shape index (κ1) is 12.5. The third-order valence-electron chi connectivity index (χ3n) is 1.55. The number of nitrogens with zero attached hydrogens (tertiary/aromatic N) is 1. The van der Waals surface area contributed by atoms with Crippen LogP contribution in [0.4, 0.5) is 0 Å². The van der Waals surface area contributed by atoms with Crippen molar-refractivity contribution in [1.29, 1.82) is 0 Å². The fourth-order valence-electron chi connectivity index (χ4n) is 0.958. The van der Waals surface area contributed by atoms with Crippen molar-refractivity contribution in [2.75, 3.05) is 0 Å². The molecule has 82 valence electrons. The zero-order valence-electron chi connectivity index (χ0n) is 8.77. The van der Waals surface area contributed by atoms with Crippen LogP contribution in [0.3, 0.4) is 0 Å². The molecular weight excluding hydrogens is 279 g/mol. The average molecular weight is 292 g/mol. The smallest absolute Gasteiger partial charge is 0.253 e. The lowest BCUT2D eigenvalue weighted by molar-refractivity contribution is 0.0919. The molecule has 0 aromatic carbocycles. The number of hydrogen-bond acceptors (Lipinski definition) is 2. The van der Waals surface area contributed by atoms with Gasteiger partial charge in [-0.3, -0.25) is 4.79 Å². The Kier molecular flexibility index (Phi) is 3.73. The van der Waals surface area contributed by atoms with E-state index in [1.54, 1.807) is 6.07 Å². The molecule has 1 aromatic heterocycles. The van der Waals surface area contributed by atoms with Crippen LogP contribution in [0.25, 0.3) is 0 Å². The van der Waals surface area contributed by atoms with Crippen LogP contribution < -0.4 is 5.32 Å². The fourth-order valence-corrected chi connectivity index (χ4v) is 1.41. The Balaban J connectivity index is 2.88. The van der Waals surface area contributed by atoms with Crippen LogP contribution in [0, 0.1) is 0 Å². The zero-order chi connectivity index (χ0) is 11.6. The highest BCUT2D eigenvalue weighted by atomic mass is 79.9. The van der Waals surface area contributed by atoms with E-state index in [1.807, 2.05) is 20.8 Å². The van der Waals surface area contributed by atoms with Gasteiger partial charge in [-0.25, -0.2) is 4.98 Å². The van der Waals surface area contributed by atoms with E-state index in [0.29, 0.717) is 15.2 Å². The van der Waals surface area contributed by atoms with Crippen molar-refractivity contribution in [2.45, 2.75) is 26.3 Å². The second kappa shape index (κ2) is 4.49. The van der Waals surface area contributed by atoms with E-state index in [0.717, 1.165) is 0 Å². The van der Waals surface area contributed by atoms with Crippen LogP contribution in [0.1, 0.15) is 31.1 Å². The number of aromatic nitrogens is 1. The quantitative estimate of drug-likeness (QED) is 0.808. The van der Waals surface area contributed by atoms with Crippen LogP contribution in [-0.2, 0) is 0 Å². The molecule has 3 nitrogen and oxygen atoms in total. The normalized spacial score (nSPS) is 11.3. The van der Waals surface area contributed by atoms with Gasteiger partial charge in [0.1, 0.15) is 5.15 Å². The third kappa shape index (κ3) is 3.80. The van der Waals surface area contributed by atoms with Crippen molar-refractivity contribution in [3.8, 4) is 0 Å². The number of pyridine rings is 1. The van der Waals surface area contributed by atoms with E-state index in [2.05, 4.69) is 26.2 Å². The van der Waals surface area contributed by atoms with Gasteiger partial charge in [-0.2, -0.15) is 0 Å². The van der Waals surface area contributed by atoms with Crippen molar-refractivity contribution in [2.24, 2.45) is 0 Å². The Bertz CT molecular complexity index is 387. The monoisotopic (exact) mass is 290 g/mol. The molecule has 0 aliphatic heterocycles. The van der Waals surface area contributed by atoms with Gasteiger partial charge in [-0.05, 0) is 42.8 Å². The summed E-state index contributed by atoms with van der Waals surface area (Å²) in [7, 11) is 0. The highest BCUT2D eigenvalue weighted by Crippen LogP contribution is 2.20. The number of carbonyl (C=O) groups is 1. The van der Waals surface area contributed by atoms with Crippen molar-refractivity contribution in [3.05, 3.63) is 27.5 Å². The summed E-state index contributed by atoms with van der Waals surface area (Å²) >= 11 is 8.95. The minimum atomic E-state index is -0.261. The lowest BCUT2D eigenvalue weighted by atomic mass is 10.1. The lowest BCUT2D eigenvalue weighted by Crippen LogP contribution is -2.40. The molecular formula is C10H12BrClN2O. The molecule has 0 unspecified atom stereocenters. The molecule has 1 heterocycles. The van der Waals surface area contributed by atoms with Gasteiger partial charge < -0.3 is 5.32 Å². The first-order chi connectivity index (χ1) is 6.79. The second-order valence-corrected chi connectivity index (χ2v) is 5.41. The molecule has 0 saturated carbocycles. The molecule has 15 heavy (non-hydrogen) atoms. The van der Waals surface area contributed by atoms with E-state index in [4.69, 9.17) is 11.6 Å². The molecule has 5 heteroatoms. The number of nitrogens with one attached hydrogen (secondary N) is 1. The lowest BCUT2D eigenvalue weighted by Gasteiger charge is -2.20. The van der Waals surface area contributed by atoms with E-state index in [1.165, 1.54) is 6.20 Å². The van der Waals surface area contributed by atoms with Gasteiger partial charge in [0.05, 0.1) is 10.0 Å². The van der Waals surface area contributed by atoms with Crippen LogP contribution in [0.2, 0.25) is 5.15 Å². The van der Waals surface area contributed by atoms with Crippen molar-refractivity contribution in [1.82, 2.24) is 10.3 Å². The number of hydrogen-bond donors (Lipinski definition) is 1. The molecule has 0 aliphatic rings. The Morgan fingerprint density at radius 1 is 1.53 bits per heavy atom. The van der Waals surface area contributed by atoms with Crippen molar-refractivity contribution in [3.63, 3.8) is 0 Å². The topological polar surface area (TPSA) is 42.0 Å². The largest absolute Gasteiger partial charge is 0.347 e. The highest BCUT2D eigenvalue weighted by molar-refractivity contribution is 9.10. The summed E-state index contributed by atoms with van der Waals surface area (Å²) in [4.78, 5) is 15.6. The molecule has 1 aromatic rings. The number of halogens is 2. The molecule has 1 amide bonds.